The summed E-state index contributed by atoms with van der Waals surface area (Å²) in [6.07, 6.45) is 0. The van der Waals surface area contributed by atoms with Crippen molar-refractivity contribution < 1.29 is 0 Å². The van der Waals surface area contributed by atoms with Gasteiger partial charge in [-0.2, -0.15) is 0 Å². The molecule has 1 aliphatic rings. The molecule has 8 heteroatoms. The van der Waals surface area contributed by atoms with E-state index in [-0.39, 0.29) is 23.3 Å². The van der Waals surface area contributed by atoms with Crippen LogP contribution in [-0.4, -0.2) is 34.3 Å². The minimum atomic E-state index is -0.371. The summed E-state index contributed by atoms with van der Waals surface area (Å²) in [6.45, 7) is 2.47. The first-order chi connectivity index (χ1) is 16.5. The van der Waals surface area contributed by atoms with Crippen molar-refractivity contribution in [3.05, 3.63) is 105 Å². The van der Waals surface area contributed by atoms with Crippen LogP contribution in [0.5, 0.6) is 0 Å². The van der Waals surface area contributed by atoms with Crippen molar-refractivity contribution >= 4 is 33.9 Å². The van der Waals surface area contributed by atoms with E-state index in [1.807, 2.05) is 71.6 Å². The normalized spacial score (nSPS) is 16.1. The molecule has 7 nitrogen and oxygen atoms in total. The van der Waals surface area contributed by atoms with Crippen molar-refractivity contribution in [2.75, 3.05) is 30.3 Å². The van der Waals surface area contributed by atoms with E-state index in [4.69, 9.17) is 17.3 Å². The van der Waals surface area contributed by atoms with Crippen LogP contribution in [0.15, 0.2) is 82.4 Å². The zero-order valence-electron chi connectivity index (χ0n) is 18.7. The summed E-state index contributed by atoms with van der Waals surface area (Å²) in [6, 6.07) is 22.7. The first-order valence-corrected chi connectivity index (χ1v) is 11.7. The van der Waals surface area contributed by atoms with Crippen LogP contribution in [0.25, 0.3) is 10.9 Å². The van der Waals surface area contributed by atoms with E-state index in [0.717, 1.165) is 23.4 Å². The Morgan fingerprint density at radius 1 is 0.912 bits per heavy atom. The van der Waals surface area contributed by atoms with E-state index < -0.39 is 0 Å². The Morgan fingerprint density at radius 3 is 2.44 bits per heavy atom. The number of nitrogens with one attached hydrogen (secondary N) is 1. The largest absolute Gasteiger partial charge is 0.398 e. The van der Waals surface area contributed by atoms with Gasteiger partial charge in [-0.1, -0.05) is 66.2 Å². The molecule has 0 unspecified atom stereocenters. The fourth-order valence-electron chi connectivity index (χ4n) is 4.53. The molecule has 0 spiro atoms. The standard InChI is InChI=1S/C26H26ClN5O2/c27-23-15-29-13-14-30(23)21-11-6-12-22-24(21)25(33)32(17-19-9-4-5-10-20(19)28)26(34)31(22)16-18-7-2-1-3-8-18/h1-12,23,29H,13-17,28H2/t23-/m1/s1. The highest BCUT2D eigenvalue weighted by Crippen LogP contribution is 2.27. The van der Waals surface area contributed by atoms with Gasteiger partial charge in [0.25, 0.3) is 5.56 Å². The number of rotatable bonds is 5. The smallest absolute Gasteiger partial charge is 0.332 e. The molecule has 174 valence electrons. The number of benzene rings is 3. The molecule has 1 atom stereocenters. The van der Waals surface area contributed by atoms with Crippen LogP contribution in [0, 0.1) is 0 Å². The number of nitrogen functional groups attached to an aromatic ring is 1. The summed E-state index contributed by atoms with van der Waals surface area (Å²) in [4.78, 5) is 29.6. The SMILES string of the molecule is Nc1ccccc1Cn1c(=O)c2c(N3CCNC[C@@H]3Cl)cccc2n(Cc2ccccc2)c1=O. The lowest BCUT2D eigenvalue weighted by Crippen LogP contribution is -2.49. The highest BCUT2D eigenvalue weighted by molar-refractivity contribution is 6.22. The maximum atomic E-state index is 13.9. The predicted octanol–water partition coefficient (Wildman–Crippen LogP) is 2.82. The molecular formula is C26H26ClN5O2. The Balaban J connectivity index is 1.77. The lowest BCUT2D eigenvalue weighted by atomic mass is 10.1. The molecule has 1 saturated heterocycles. The van der Waals surface area contributed by atoms with Crippen molar-refractivity contribution in [3.63, 3.8) is 0 Å². The molecule has 1 aliphatic heterocycles. The Bertz CT molecular complexity index is 1450. The van der Waals surface area contributed by atoms with Crippen molar-refractivity contribution in [1.82, 2.24) is 14.5 Å². The van der Waals surface area contributed by atoms with Gasteiger partial charge < -0.3 is 16.0 Å². The molecule has 4 aromatic rings. The van der Waals surface area contributed by atoms with Gasteiger partial charge in [-0.25, -0.2) is 4.79 Å². The third-order valence-electron chi connectivity index (χ3n) is 6.29. The predicted molar refractivity (Wildman–Crippen MR) is 138 cm³/mol. The number of halogens is 1. The second kappa shape index (κ2) is 9.37. The molecule has 2 heterocycles. The first-order valence-electron chi connectivity index (χ1n) is 11.3. The fraction of sp³-hybridized carbons (Fsp3) is 0.231. The van der Waals surface area contributed by atoms with Gasteiger partial charge in [0.15, 0.2) is 0 Å². The van der Waals surface area contributed by atoms with E-state index >= 15 is 0 Å². The van der Waals surface area contributed by atoms with Crippen LogP contribution < -0.4 is 27.2 Å². The summed E-state index contributed by atoms with van der Waals surface area (Å²) in [5, 5.41) is 3.76. The third-order valence-corrected chi connectivity index (χ3v) is 6.68. The lowest BCUT2D eigenvalue weighted by molar-refractivity contribution is 0.559. The van der Waals surface area contributed by atoms with Crippen LogP contribution in [0.3, 0.4) is 0 Å². The van der Waals surface area contributed by atoms with E-state index in [0.29, 0.717) is 36.2 Å². The zero-order valence-corrected chi connectivity index (χ0v) is 19.4. The number of piperazine rings is 1. The van der Waals surface area contributed by atoms with Gasteiger partial charge in [0.2, 0.25) is 0 Å². The van der Waals surface area contributed by atoms with Gasteiger partial charge in [-0.3, -0.25) is 13.9 Å². The van der Waals surface area contributed by atoms with Gasteiger partial charge >= 0.3 is 5.69 Å². The van der Waals surface area contributed by atoms with Gasteiger partial charge in [-0.15, -0.1) is 0 Å². The summed E-state index contributed by atoms with van der Waals surface area (Å²) in [5.74, 6) is 0. The van der Waals surface area contributed by atoms with E-state index in [9.17, 15) is 9.59 Å². The fourth-order valence-corrected chi connectivity index (χ4v) is 4.84. The van der Waals surface area contributed by atoms with Crippen LogP contribution in [-0.2, 0) is 13.1 Å². The Morgan fingerprint density at radius 2 is 1.68 bits per heavy atom. The zero-order chi connectivity index (χ0) is 23.7. The molecule has 3 aromatic carbocycles. The molecule has 0 saturated carbocycles. The minimum absolute atomic E-state index is 0.0925. The first kappa shape index (κ1) is 22.3. The number of nitrogens with zero attached hydrogens (tertiary/aromatic N) is 3. The number of para-hydroxylation sites is 1. The van der Waals surface area contributed by atoms with Crippen LogP contribution in [0.2, 0.25) is 0 Å². The number of anilines is 2. The summed E-state index contributed by atoms with van der Waals surface area (Å²) < 4.78 is 2.95. The average molecular weight is 476 g/mol. The molecule has 0 aliphatic carbocycles. The molecule has 34 heavy (non-hydrogen) atoms. The molecule has 1 aromatic heterocycles. The monoisotopic (exact) mass is 475 g/mol. The molecular weight excluding hydrogens is 450 g/mol. The van der Waals surface area contributed by atoms with E-state index in [1.165, 1.54) is 4.57 Å². The van der Waals surface area contributed by atoms with Crippen LogP contribution >= 0.6 is 11.6 Å². The van der Waals surface area contributed by atoms with Crippen molar-refractivity contribution in [3.8, 4) is 0 Å². The van der Waals surface area contributed by atoms with Crippen molar-refractivity contribution in [2.45, 2.75) is 18.6 Å². The average Bonchev–Trinajstić information content (AvgIpc) is 2.86. The third kappa shape index (κ3) is 4.08. The maximum Gasteiger partial charge on any atom is 0.332 e. The number of alkyl halides is 1. The van der Waals surface area contributed by atoms with Crippen molar-refractivity contribution in [2.24, 2.45) is 0 Å². The van der Waals surface area contributed by atoms with Gasteiger partial charge in [0, 0.05) is 25.3 Å². The number of nitrogens with two attached hydrogens (primary N) is 1. The number of fused-ring (bicyclic) bond motifs is 1. The summed E-state index contributed by atoms with van der Waals surface area (Å²) >= 11 is 6.63. The van der Waals surface area contributed by atoms with Crippen LogP contribution in [0.4, 0.5) is 11.4 Å². The quantitative estimate of drug-likeness (QED) is 0.263. The number of hydrogen-bond acceptors (Lipinski definition) is 5. The molecule has 0 amide bonds. The second-order valence-corrected chi connectivity index (χ2v) is 8.95. The van der Waals surface area contributed by atoms with Crippen molar-refractivity contribution in [1.29, 1.82) is 0 Å². The molecule has 1 fully saturated rings. The van der Waals surface area contributed by atoms with Gasteiger partial charge in [0.05, 0.1) is 29.7 Å². The topological polar surface area (TPSA) is 85.3 Å². The minimum Gasteiger partial charge on any atom is -0.398 e. The molecule has 0 bridgehead atoms. The molecule has 5 rings (SSSR count). The Kier molecular flexibility index (Phi) is 6.13. The maximum absolute atomic E-state index is 13.9. The Labute approximate surface area is 202 Å². The highest BCUT2D eigenvalue weighted by atomic mass is 35.5. The molecule has 3 N–H and O–H groups in total. The van der Waals surface area contributed by atoms with E-state index in [2.05, 4.69) is 5.32 Å². The Hall–Kier alpha value is -3.55. The van der Waals surface area contributed by atoms with Gasteiger partial charge in [0.1, 0.15) is 5.50 Å². The second-order valence-electron chi connectivity index (χ2n) is 8.45. The van der Waals surface area contributed by atoms with Gasteiger partial charge in [-0.05, 0) is 29.3 Å². The summed E-state index contributed by atoms with van der Waals surface area (Å²) in [7, 11) is 0. The number of hydrogen-bond donors (Lipinski definition) is 2. The summed E-state index contributed by atoms with van der Waals surface area (Å²) in [5.41, 5.74) is 8.70. The molecule has 0 radical (unpaired) electrons. The van der Waals surface area contributed by atoms with E-state index in [1.54, 1.807) is 10.6 Å². The van der Waals surface area contributed by atoms with Crippen LogP contribution in [0.1, 0.15) is 11.1 Å². The lowest BCUT2D eigenvalue weighted by Gasteiger charge is -2.35. The number of aromatic nitrogens is 2. The highest BCUT2D eigenvalue weighted by Gasteiger charge is 2.25.